The van der Waals surface area contributed by atoms with Crippen LogP contribution in [0.5, 0.6) is 0 Å². The predicted molar refractivity (Wildman–Crippen MR) is 71.2 cm³/mol. The van der Waals surface area contributed by atoms with Crippen molar-refractivity contribution in [2.24, 2.45) is 0 Å². The molecule has 2 nitrogen and oxygen atoms in total. The third kappa shape index (κ3) is 2.00. The van der Waals surface area contributed by atoms with Gasteiger partial charge in [-0.25, -0.2) is 8.78 Å². The molecular formula is C12H7BrF2N2S. The third-order valence-electron chi connectivity index (χ3n) is 2.53. The third-order valence-corrected chi connectivity index (χ3v) is 4.22. The largest absolute Gasteiger partial charge is 0.397 e. The van der Waals surface area contributed by atoms with Crippen molar-refractivity contribution in [1.29, 1.82) is 5.26 Å². The topological polar surface area (TPSA) is 49.8 Å². The van der Waals surface area contributed by atoms with Crippen LogP contribution < -0.4 is 5.73 Å². The second-order valence-electron chi connectivity index (χ2n) is 3.66. The van der Waals surface area contributed by atoms with E-state index >= 15 is 0 Å². The molecule has 0 radical (unpaired) electrons. The van der Waals surface area contributed by atoms with E-state index in [2.05, 4.69) is 15.9 Å². The van der Waals surface area contributed by atoms with Gasteiger partial charge in [-0.2, -0.15) is 5.26 Å². The zero-order valence-corrected chi connectivity index (χ0v) is 11.6. The summed E-state index contributed by atoms with van der Waals surface area (Å²) in [7, 11) is 0. The van der Waals surface area contributed by atoms with Gasteiger partial charge in [0.25, 0.3) is 0 Å². The smallest absolute Gasteiger partial charge is 0.135 e. The van der Waals surface area contributed by atoms with Gasteiger partial charge in [-0.1, -0.05) is 15.9 Å². The zero-order valence-electron chi connectivity index (χ0n) is 9.22. The van der Waals surface area contributed by atoms with E-state index in [0.29, 0.717) is 14.9 Å². The van der Waals surface area contributed by atoms with Crippen LogP contribution in [0, 0.1) is 29.9 Å². The summed E-state index contributed by atoms with van der Waals surface area (Å²) in [6.45, 7) is 1.64. The normalized spacial score (nSPS) is 10.4. The number of anilines is 1. The van der Waals surface area contributed by atoms with E-state index in [1.165, 1.54) is 12.1 Å². The van der Waals surface area contributed by atoms with E-state index < -0.39 is 11.6 Å². The minimum absolute atomic E-state index is 0.145. The van der Waals surface area contributed by atoms with E-state index in [9.17, 15) is 8.78 Å². The second-order valence-corrected chi connectivity index (χ2v) is 5.59. The molecule has 18 heavy (non-hydrogen) atoms. The molecule has 0 aliphatic heterocycles. The number of halogens is 3. The van der Waals surface area contributed by atoms with Crippen molar-refractivity contribution < 1.29 is 8.78 Å². The summed E-state index contributed by atoms with van der Waals surface area (Å²) in [5, 5.41) is 8.87. The van der Waals surface area contributed by atoms with Crippen LogP contribution in [0.3, 0.4) is 0 Å². The van der Waals surface area contributed by atoms with Gasteiger partial charge in [0.2, 0.25) is 0 Å². The Balaban J connectivity index is 2.75. The van der Waals surface area contributed by atoms with E-state index in [-0.39, 0.29) is 16.1 Å². The molecule has 92 valence electrons. The van der Waals surface area contributed by atoms with Crippen molar-refractivity contribution in [3.8, 4) is 16.5 Å². The molecule has 0 aliphatic carbocycles. The van der Waals surface area contributed by atoms with Crippen LogP contribution in [0.1, 0.15) is 10.4 Å². The fraction of sp³-hybridized carbons (Fsp3) is 0.0833. The standard InChI is InChI=1S/C12H7BrF2N2S/c1-5-11(17)9(4-16)18-12(5)10-7(14)2-6(13)3-8(10)15/h2-3H,17H2,1H3. The Labute approximate surface area is 115 Å². The summed E-state index contributed by atoms with van der Waals surface area (Å²) < 4.78 is 28.0. The summed E-state index contributed by atoms with van der Waals surface area (Å²) in [5.74, 6) is -1.37. The number of benzene rings is 1. The van der Waals surface area contributed by atoms with Gasteiger partial charge in [0.05, 0.1) is 11.3 Å². The van der Waals surface area contributed by atoms with Gasteiger partial charge in [-0.05, 0) is 24.6 Å². The molecule has 0 saturated heterocycles. The maximum absolute atomic E-state index is 13.8. The van der Waals surface area contributed by atoms with E-state index in [1.807, 2.05) is 6.07 Å². The Hall–Kier alpha value is -1.45. The van der Waals surface area contributed by atoms with Crippen LogP contribution in [-0.4, -0.2) is 0 Å². The van der Waals surface area contributed by atoms with Crippen LogP contribution in [-0.2, 0) is 0 Å². The molecule has 1 aromatic heterocycles. The van der Waals surface area contributed by atoms with Crippen molar-refractivity contribution in [2.75, 3.05) is 5.73 Å². The number of thiophene rings is 1. The van der Waals surface area contributed by atoms with Crippen LogP contribution in [0.15, 0.2) is 16.6 Å². The first-order chi connectivity index (χ1) is 8.45. The molecule has 2 aromatic rings. The number of nitrogens with two attached hydrogens (primary N) is 1. The molecule has 0 unspecified atom stereocenters. The fourth-order valence-electron chi connectivity index (χ4n) is 1.61. The molecule has 0 fully saturated rings. The molecule has 6 heteroatoms. The Morgan fingerprint density at radius 2 is 1.89 bits per heavy atom. The van der Waals surface area contributed by atoms with Gasteiger partial charge >= 0.3 is 0 Å². The number of nitrogens with zero attached hydrogens (tertiary/aromatic N) is 1. The SMILES string of the molecule is Cc1c(-c2c(F)cc(Br)cc2F)sc(C#N)c1N. The molecule has 1 aromatic carbocycles. The highest BCUT2D eigenvalue weighted by Gasteiger charge is 2.20. The highest BCUT2D eigenvalue weighted by molar-refractivity contribution is 9.10. The highest BCUT2D eigenvalue weighted by Crippen LogP contribution is 2.40. The molecule has 0 aliphatic rings. The van der Waals surface area contributed by atoms with Crippen molar-refractivity contribution in [2.45, 2.75) is 6.92 Å². The first-order valence-electron chi connectivity index (χ1n) is 4.89. The first kappa shape index (κ1) is 13.0. The molecule has 2 N–H and O–H groups in total. The van der Waals surface area contributed by atoms with Crippen LogP contribution in [0.4, 0.5) is 14.5 Å². The lowest BCUT2D eigenvalue weighted by atomic mass is 10.1. The second kappa shape index (κ2) is 4.67. The molecule has 0 spiro atoms. The molecule has 0 bridgehead atoms. The van der Waals surface area contributed by atoms with Gasteiger partial charge in [-0.3, -0.25) is 0 Å². The van der Waals surface area contributed by atoms with Gasteiger partial charge in [0.15, 0.2) is 0 Å². The summed E-state index contributed by atoms with van der Waals surface area (Å²) in [6, 6.07) is 4.28. The fourth-order valence-corrected chi connectivity index (χ4v) is 3.08. The Kier molecular flexibility index (Phi) is 3.37. The van der Waals surface area contributed by atoms with Crippen molar-refractivity contribution in [3.05, 3.63) is 38.7 Å². The van der Waals surface area contributed by atoms with E-state index in [0.717, 1.165) is 11.3 Å². The highest BCUT2D eigenvalue weighted by atomic mass is 79.9. The number of hydrogen-bond donors (Lipinski definition) is 1. The Bertz CT molecular complexity index is 650. The average Bonchev–Trinajstić information content (AvgIpc) is 2.56. The Morgan fingerprint density at radius 3 is 2.33 bits per heavy atom. The number of hydrogen-bond acceptors (Lipinski definition) is 3. The lowest BCUT2D eigenvalue weighted by Crippen LogP contribution is -1.92. The minimum Gasteiger partial charge on any atom is -0.397 e. The summed E-state index contributed by atoms with van der Waals surface area (Å²) in [6.07, 6.45) is 0. The zero-order chi connectivity index (χ0) is 13.4. The molecular weight excluding hydrogens is 322 g/mol. The monoisotopic (exact) mass is 328 g/mol. The summed E-state index contributed by atoms with van der Waals surface area (Å²) in [5.41, 5.74) is 6.37. The first-order valence-corrected chi connectivity index (χ1v) is 6.50. The number of nitriles is 1. The lowest BCUT2D eigenvalue weighted by molar-refractivity contribution is 0.588. The summed E-state index contributed by atoms with van der Waals surface area (Å²) >= 11 is 4.01. The van der Waals surface area contributed by atoms with Crippen LogP contribution in [0.25, 0.3) is 10.4 Å². The van der Waals surface area contributed by atoms with Crippen LogP contribution >= 0.6 is 27.3 Å². The molecule has 2 rings (SSSR count). The molecule has 0 amide bonds. The van der Waals surface area contributed by atoms with Crippen molar-refractivity contribution >= 4 is 33.0 Å². The van der Waals surface area contributed by atoms with Gasteiger partial charge in [0, 0.05) is 9.35 Å². The van der Waals surface area contributed by atoms with Crippen molar-refractivity contribution in [1.82, 2.24) is 0 Å². The van der Waals surface area contributed by atoms with E-state index in [1.54, 1.807) is 6.92 Å². The molecule has 1 heterocycles. The van der Waals surface area contributed by atoms with Gasteiger partial charge < -0.3 is 5.73 Å². The van der Waals surface area contributed by atoms with Gasteiger partial charge in [0.1, 0.15) is 22.6 Å². The van der Waals surface area contributed by atoms with Gasteiger partial charge in [-0.15, -0.1) is 11.3 Å². The minimum atomic E-state index is -0.685. The summed E-state index contributed by atoms with van der Waals surface area (Å²) in [4.78, 5) is 0.621. The predicted octanol–water partition coefficient (Wildman–Crippen LogP) is 4.22. The molecule has 0 atom stereocenters. The van der Waals surface area contributed by atoms with Crippen molar-refractivity contribution in [3.63, 3.8) is 0 Å². The maximum atomic E-state index is 13.8. The Morgan fingerprint density at radius 1 is 1.33 bits per heavy atom. The molecule has 0 saturated carbocycles. The van der Waals surface area contributed by atoms with E-state index in [4.69, 9.17) is 11.0 Å². The quantitative estimate of drug-likeness (QED) is 0.852. The number of rotatable bonds is 1. The average molecular weight is 329 g/mol. The maximum Gasteiger partial charge on any atom is 0.135 e. The number of nitrogen functional groups attached to an aromatic ring is 1. The lowest BCUT2D eigenvalue weighted by Gasteiger charge is -2.05. The van der Waals surface area contributed by atoms with Crippen LogP contribution in [0.2, 0.25) is 0 Å².